The van der Waals surface area contributed by atoms with Gasteiger partial charge in [-0.25, -0.2) is 4.79 Å². The van der Waals surface area contributed by atoms with Crippen LogP contribution in [-0.2, 0) is 10.3 Å². The lowest BCUT2D eigenvalue weighted by molar-refractivity contribution is -0.144. The van der Waals surface area contributed by atoms with Crippen LogP contribution in [0.25, 0.3) is 0 Å². The molecule has 0 spiro atoms. The van der Waals surface area contributed by atoms with Crippen LogP contribution in [0.3, 0.4) is 0 Å². The van der Waals surface area contributed by atoms with Crippen molar-refractivity contribution < 1.29 is 14.6 Å². The minimum Gasteiger partial charge on any atom is -0.494 e. The Labute approximate surface area is 113 Å². The second kappa shape index (κ2) is 5.61. The zero-order valence-corrected chi connectivity index (χ0v) is 11.3. The first-order valence-corrected chi connectivity index (χ1v) is 6.84. The van der Waals surface area contributed by atoms with Crippen LogP contribution in [-0.4, -0.2) is 17.7 Å². The SMILES string of the molecule is CCCCOc1ccc(C(N)(C(=O)O)C2CC2)cc1. The minimum absolute atomic E-state index is 0.0526. The quantitative estimate of drug-likeness (QED) is 0.741. The Morgan fingerprint density at radius 1 is 1.42 bits per heavy atom. The van der Waals surface area contributed by atoms with Crippen LogP contribution in [0.1, 0.15) is 38.2 Å². The van der Waals surface area contributed by atoms with Gasteiger partial charge in [-0.15, -0.1) is 0 Å². The molecule has 4 nitrogen and oxygen atoms in total. The van der Waals surface area contributed by atoms with Gasteiger partial charge in [-0.05, 0) is 42.9 Å². The number of benzene rings is 1. The maximum atomic E-state index is 11.4. The van der Waals surface area contributed by atoms with Gasteiger partial charge in [-0.1, -0.05) is 25.5 Å². The number of aliphatic carboxylic acids is 1. The molecule has 0 aliphatic heterocycles. The average molecular weight is 263 g/mol. The number of ether oxygens (including phenoxy) is 1. The van der Waals surface area contributed by atoms with Crippen molar-refractivity contribution in [2.45, 2.75) is 38.1 Å². The fourth-order valence-electron chi connectivity index (χ4n) is 2.23. The van der Waals surface area contributed by atoms with Crippen molar-refractivity contribution in [3.05, 3.63) is 29.8 Å². The molecule has 1 atom stereocenters. The van der Waals surface area contributed by atoms with Crippen molar-refractivity contribution in [1.29, 1.82) is 0 Å². The van der Waals surface area contributed by atoms with Crippen LogP contribution < -0.4 is 10.5 Å². The van der Waals surface area contributed by atoms with Gasteiger partial charge in [0, 0.05) is 0 Å². The van der Waals surface area contributed by atoms with Gasteiger partial charge in [0.15, 0.2) is 0 Å². The van der Waals surface area contributed by atoms with E-state index in [4.69, 9.17) is 10.5 Å². The highest BCUT2D eigenvalue weighted by Crippen LogP contribution is 2.44. The van der Waals surface area contributed by atoms with Crippen LogP contribution in [0, 0.1) is 5.92 Å². The number of rotatable bonds is 7. The lowest BCUT2D eigenvalue weighted by Crippen LogP contribution is -2.46. The first-order chi connectivity index (χ1) is 9.09. The van der Waals surface area contributed by atoms with Gasteiger partial charge in [0.1, 0.15) is 11.3 Å². The predicted octanol–water partition coefficient (Wildman–Crippen LogP) is 2.51. The van der Waals surface area contributed by atoms with Crippen LogP contribution in [0.5, 0.6) is 5.75 Å². The summed E-state index contributed by atoms with van der Waals surface area (Å²) < 4.78 is 5.56. The van der Waals surface area contributed by atoms with Gasteiger partial charge < -0.3 is 15.6 Å². The summed E-state index contributed by atoms with van der Waals surface area (Å²) in [4.78, 5) is 11.4. The van der Waals surface area contributed by atoms with E-state index < -0.39 is 11.5 Å². The van der Waals surface area contributed by atoms with Crippen molar-refractivity contribution in [1.82, 2.24) is 0 Å². The van der Waals surface area contributed by atoms with Gasteiger partial charge in [-0.3, -0.25) is 0 Å². The number of hydrogen-bond donors (Lipinski definition) is 2. The van der Waals surface area contributed by atoms with Crippen LogP contribution in [0.4, 0.5) is 0 Å². The monoisotopic (exact) mass is 263 g/mol. The van der Waals surface area contributed by atoms with Gasteiger partial charge in [0.05, 0.1) is 6.61 Å². The topological polar surface area (TPSA) is 72.5 Å². The fourth-order valence-corrected chi connectivity index (χ4v) is 2.23. The molecule has 4 heteroatoms. The molecule has 1 fully saturated rings. The molecule has 0 radical (unpaired) electrons. The summed E-state index contributed by atoms with van der Waals surface area (Å²) in [6, 6.07) is 7.15. The van der Waals surface area contributed by atoms with Crippen LogP contribution >= 0.6 is 0 Å². The van der Waals surface area contributed by atoms with E-state index in [2.05, 4.69) is 6.92 Å². The Bertz CT molecular complexity index is 439. The maximum Gasteiger partial charge on any atom is 0.328 e. The maximum absolute atomic E-state index is 11.4. The average Bonchev–Trinajstić information content (AvgIpc) is 3.23. The fraction of sp³-hybridized carbons (Fsp3) is 0.533. The number of nitrogens with two attached hydrogens (primary N) is 1. The number of carboxylic acids is 1. The molecule has 0 amide bonds. The Balaban J connectivity index is 2.10. The van der Waals surface area contributed by atoms with Crippen molar-refractivity contribution in [2.75, 3.05) is 6.61 Å². The van der Waals surface area contributed by atoms with Crippen molar-refractivity contribution in [2.24, 2.45) is 11.7 Å². The van der Waals surface area contributed by atoms with E-state index in [1.807, 2.05) is 0 Å². The number of hydrogen-bond acceptors (Lipinski definition) is 3. The number of unbranched alkanes of at least 4 members (excludes halogenated alkanes) is 1. The summed E-state index contributed by atoms with van der Waals surface area (Å²) in [5.74, 6) is -0.132. The molecule has 1 unspecified atom stereocenters. The Morgan fingerprint density at radius 3 is 2.53 bits per heavy atom. The van der Waals surface area contributed by atoms with E-state index in [1.54, 1.807) is 24.3 Å². The molecule has 104 valence electrons. The lowest BCUT2D eigenvalue weighted by atomic mass is 9.86. The summed E-state index contributed by atoms with van der Waals surface area (Å²) in [6.45, 7) is 2.79. The van der Waals surface area contributed by atoms with Gasteiger partial charge in [0.25, 0.3) is 0 Å². The first kappa shape index (κ1) is 13.9. The second-order valence-electron chi connectivity index (χ2n) is 5.17. The zero-order chi connectivity index (χ0) is 13.9. The highest BCUT2D eigenvalue weighted by molar-refractivity contribution is 5.81. The molecule has 1 aliphatic carbocycles. The Morgan fingerprint density at radius 2 is 2.05 bits per heavy atom. The summed E-state index contributed by atoms with van der Waals surface area (Å²) in [6.07, 6.45) is 3.87. The normalized spacial score (nSPS) is 17.8. The molecule has 1 aromatic carbocycles. The van der Waals surface area contributed by atoms with Crippen molar-refractivity contribution in [3.63, 3.8) is 0 Å². The van der Waals surface area contributed by atoms with Gasteiger partial charge in [0.2, 0.25) is 0 Å². The van der Waals surface area contributed by atoms with E-state index in [9.17, 15) is 9.90 Å². The second-order valence-corrected chi connectivity index (χ2v) is 5.17. The van der Waals surface area contributed by atoms with E-state index in [0.717, 1.165) is 31.4 Å². The molecule has 0 aromatic heterocycles. The van der Waals surface area contributed by atoms with Gasteiger partial charge in [-0.2, -0.15) is 0 Å². The molecule has 19 heavy (non-hydrogen) atoms. The number of carboxylic acid groups (broad SMARTS) is 1. The molecule has 1 aliphatic rings. The molecule has 3 N–H and O–H groups in total. The largest absolute Gasteiger partial charge is 0.494 e. The molecule has 1 aromatic rings. The Hall–Kier alpha value is -1.55. The molecule has 0 bridgehead atoms. The molecule has 0 saturated heterocycles. The van der Waals surface area contributed by atoms with Crippen molar-refractivity contribution in [3.8, 4) is 5.75 Å². The highest BCUT2D eigenvalue weighted by atomic mass is 16.5. The van der Waals surface area contributed by atoms with E-state index in [1.165, 1.54) is 0 Å². The summed E-state index contributed by atoms with van der Waals surface area (Å²) >= 11 is 0. The lowest BCUT2D eigenvalue weighted by Gasteiger charge is -2.25. The molecule has 2 rings (SSSR count). The number of carbonyl (C=O) groups is 1. The Kier molecular flexibility index (Phi) is 4.10. The highest BCUT2D eigenvalue weighted by Gasteiger charge is 2.49. The molecular weight excluding hydrogens is 242 g/mol. The molecule has 1 saturated carbocycles. The smallest absolute Gasteiger partial charge is 0.328 e. The molecular formula is C15H21NO3. The summed E-state index contributed by atoms with van der Waals surface area (Å²) in [7, 11) is 0. The van der Waals surface area contributed by atoms with Crippen LogP contribution in [0.15, 0.2) is 24.3 Å². The molecule has 0 heterocycles. The van der Waals surface area contributed by atoms with Gasteiger partial charge >= 0.3 is 5.97 Å². The minimum atomic E-state index is -1.25. The van der Waals surface area contributed by atoms with Crippen LogP contribution in [0.2, 0.25) is 0 Å². The van der Waals surface area contributed by atoms with E-state index >= 15 is 0 Å². The predicted molar refractivity (Wildman–Crippen MR) is 73.1 cm³/mol. The third kappa shape index (κ3) is 2.89. The first-order valence-electron chi connectivity index (χ1n) is 6.84. The standard InChI is InChI=1S/C15H21NO3/c1-2-3-10-19-13-8-6-12(7-9-13)15(16,14(17)18)11-4-5-11/h6-9,11H,2-5,10,16H2,1H3,(H,17,18). The zero-order valence-electron chi connectivity index (χ0n) is 11.3. The third-order valence-corrected chi connectivity index (χ3v) is 3.67. The van der Waals surface area contributed by atoms with Crippen molar-refractivity contribution >= 4 is 5.97 Å². The summed E-state index contributed by atoms with van der Waals surface area (Å²) in [5.41, 5.74) is 5.51. The van der Waals surface area contributed by atoms with E-state index in [-0.39, 0.29) is 5.92 Å². The summed E-state index contributed by atoms with van der Waals surface area (Å²) in [5, 5.41) is 9.38. The van der Waals surface area contributed by atoms with E-state index in [0.29, 0.717) is 12.2 Å². The third-order valence-electron chi connectivity index (χ3n) is 3.67.